The lowest BCUT2D eigenvalue weighted by Crippen LogP contribution is -2.37. The Morgan fingerprint density at radius 1 is 1.06 bits per heavy atom. The molecule has 4 rings (SSSR count). The number of amides is 2. The van der Waals surface area contributed by atoms with Crippen LogP contribution in [-0.2, 0) is 11.3 Å². The van der Waals surface area contributed by atoms with Gasteiger partial charge < -0.3 is 19.9 Å². The Morgan fingerprint density at radius 3 is 2.64 bits per heavy atom. The minimum atomic E-state index is -0.155. The first-order valence-electron chi connectivity index (χ1n) is 11.6. The summed E-state index contributed by atoms with van der Waals surface area (Å²) < 4.78 is 7.42. The minimum Gasteiger partial charge on any atom is -0.496 e. The molecule has 1 aliphatic carbocycles. The summed E-state index contributed by atoms with van der Waals surface area (Å²) in [6.07, 6.45) is 7.96. The van der Waals surface area contributed by atoms with Gasteiger partial charge in [-0.15, -0.1) is 11.8 Å². The summed E-state index contributed by atoms with van der Waals surface area (Å²) in [5.41, 5.74) is 1.62. The van der Waals surface area contributed by atoms with Crippen LogP contribution >= 0.6 is 11.8 Å². The number of ether oxygens (including phenoxy) is 1. The molecule has 0 radical (unpaired) electrons. The van der Waals surface area contributed by atoms with E-state index in [1.807, 2.05) is 24.3 Å². The summed E-state index contributed by atoms with van der Waals surface area (Å²) in [4.78, 5) is 26.1. The topological polar surface area (TPSA) is 72.4 Å². The Hall–Kier alpha value is -2.93. The molecule has 1 aliphatic rings. The standard InChI is InChI=1S/C26H31N3O3S/c1-32-23-14-8-6-12-21(23)26(31)27-15-16-29-17-24(20-11-5-7-13-22(20)29)33-18-25(30)28-19-9-3-2-4-10-19/h5-8,11-14,17,19H,2-4,9-10,15-16,18H2,1H3,(H,27,31)(H,28,30). The molecule has 0 unspecified atom stereocenters. The quantitative estimate of drug-likeness (QED) is 0.452. The lowest BCUT2D eigenvalue weighted by atomic mass is 9.95. The Bertz CT molecular complexity index is 1110. The molecule has 1 aromatic heterocycles. The van der Waals surface area contributed by atoms with Crippen molar-refractivity contribution in [2.24, 2.45) is 0 Å². The molecule has 2 aromatic carbocycles. The summed E-state index contributed by atoms with van der Waals surface area (Å²) >= 11 is 1.57. The van der Waals surface area contributed by atoms with Crippen LogP contribution in [0.15, 0.2) is 59.6 Å². The van der Waals surface area contributed by atoms with Crippen LogP contribution in [0.1, 0.15) is 42.5 Å². The molecular weight excluding hydrogens is 434 g/mol. The summed E-state index contributed by atoms with van der Waals surface area (Å²) in [5, 5.41) is 7.30. The van der Waals surface area contributed by atoms with Gasteiger partial charge in [-0.3, -0.25) is 9.59 Å². The van der Waals surface area contributed by atoms with Gasteiger partial charge in [0, 0.05) is 41.1 Å². The largest absolute Gasteiger partial charge is 0.496 e. The van der Waals surface area contributed by atoms with Crippen LogP contribution in [-0.4, -0.2) is 41.8 Å². The number of methoxy groups -OCH3 is 1. The van der Waals surface area contributed by atoms with Crippen molar-refractivity contribution in [3.63, 3.8) is 0 Å². The summed E-state index contributed by atoms with van der Waals surface area (Å²) in [6, 6.07) is 15.7. The third-order valence-electron chi connectivity index (χ3n) is 6.07. The molecule has 1 heterocycles. The van der Waals surface area contributed by atoms with Crippen molar-refractivity contribution >= 4 is 34.5 Å². The molecule has 174 valence electrons. The molecule has 0 bridgehead atoms. The molecule has 2 amide bonds. The Balaban J connectivity index is 1.36. The molecule has 0 aliphatic heterocycles. The van der Waals surface area contributed by atoms with E-state index >= 15 is 0 Å². The molecule has 2 N–H and O–H groups in total. The highest BCUT2D eigenvalue weighted by Gasteiger charge is 2.17. The fourth-order valence-electron chi connectivity index (χ4n) is 4.39. The van der Waals surface area contributed by atoms with Crippen molar-refractivity contribution < 1.29 is 14.3 Å². The fraction of sp³-hybridized carbons (Fsp3) is 0.385. The van der Waals surface area contributed by atoms with Gasteiger partial charge in [0.05, 0.1) is 18.4 Å². The van der Waals surface area contributed by atoms with E-state index in [2.05, 4.69) is 33.5 Å². The van der Waals surface area contributed by atoms with Gasteiger partial charge >= 0.3 is 0 Å². The average Bonchev–Trinajstić information content (AvgIpc) is 3.21. The third kappa shape index (κ3) is 5.90. The molecule has 33 heavy (non-hydrogen) atoms. The lowest BCUT2D eigenvalue weighted by molar-refractivity contribution is -0.119. The maximum absolute atomic E-state index is 12.6. The lowest BCUT2D eigenvalue weighted by Gasteiger charge is -2.22. The number of benzene rings is 2. The molecule has 6 nitrogen and oxygen atoms in total. The molecule has 1 fully saturated rings. The highest BCUT2D eigenvalue weighted by molar-refractivity contribution is 8.00. The maximum atomic E-state index is 12.6. The smallest absolute Gasteiger partial charge is 0.255 e. The van der Waals surface area contributed by atoms with E-state index < -0.39 is 0 Å². The van der Waals surface area contributed by atoms with Crippen LogP contribution in [0.3, 0.4) is 0 Å². The summed E-state index contributed by atoms with van der Waals surface area (Å²) in [5.74, 6) is 0.923. The van der Waals surface area contributed by atoms with Crippen LogP contribution in [0.4, 0.5) is 0 Å². The number of rotatable bonds is 9. The molecule has 0 spiro atoms. The van der Waals surface area contributed by atoms with Crippen LogP contribution in [0, 0.1) is 0 Å². The highest BCUT2D eigenvalue weighted by atomic mass is 32.2. The molecule has 0 saturated heterocycles. The summed E-state index contributed by atoms with van der Waals surface area (Å²) in [6.45, 7) is 1.12. The van der Waals surface area contributed by atoms with Crippen LogP contribution in [0.5, 0.6) is 5.75 Å². The van der Waals surface area contributed by atoms with Crippen molar-refractivity contribution in [1.29, 1.82) is 0 Å². The van der Waals surface area contributed by atoms with Gasteiger partial charge in [0.2, 0.25) is 5.91 Å². The number of hydrogen-bond donors (Lipinski definition) is 2. The number of fused-ring (bicyclic) bond motifs is 1. The number of aromatic nitrogens is 1. The normalized spacial score (nSPS) is 14.2. The Kier molecular flexibility index (Phi) is 7.94. The second-order valence-electron chi connectivity index (χ2n) is 8.35. The van der Waals surface area contributed by atoms with Gasteiger partial charge in [-0.2, -0.15) is 0 Å². The number of hydrogen-bond acceptors (Lipinski definition) is 4. The highest BCUT2D eigenvalue weighted by Crippen LogP contribution is 2.30. The Labute approximate surface area is 199 Å². The van der Waals surface area contributed by atoms with Crippen molar-refractivity contribution in [3.05, 3.63) is 60.3 Å². The third-order valence-corrected chi connectivity index (χ3v) is 7.11. The van der Waals surface area contributed by atoms with E-state index in [-0.39, 0.29) is 11.8 Å². The van der Waals surface area contributed by atoms with E-state index in [4.69, 9.17) is 4.74 Å². The zero-order valence-electron chi connectivity index (χ0n) is 19.0. The van der Waals surface area contributed by atoms with Crippen LogP contribution in [0.2, 0.25) is 0 Å². The number of nitrogens with one attached hydrogen (secondary N) is 2. The number of carbonyl (C=O) groups excluding carboxylic acids is 2. The molecule has 7 heteroatoms. The second-order valence-corrected chi connectivity index (χ2v) is 9.37. The van der Waals surface area contributed by atoms with Crippen molar-refractivity contribution in [2.75, 3.05) is 19.4 Å². The second kappa shape index (κ2) is 11.3. The monoisotopic (exact) mass is 465 g/mol. The molecular formula is C26H31N3O3S. The van der Waals surface area contributed by atoms with E-state index in [1.54, 1.807) is 31.0 Å². The number of nitrogens with zero attached hydrogens (tertiary/aromatic N) is 1. The first-order chi connectivity index (χ1) is 16.2. The average molecular weight is 466 g/mol. The first-order valence-corrected chi connectivity index (χ1v) is 12.6. The fourth-order valence-corrected chi connectivity index (χ4v) is 5.29. The van der Waals surface area contributed by atoms with Gasteiger partial charge in [-0.1, -0.05) is 49.6 Å². The first kappa shape index (κ1) is 23.2. The van der Waals surface area contributed by atoms with Crippen LogP contribution < -0.4 is 15.4 Å². The molecule has 3 aromatic rings. The van der Waals surface area contributed by atoms with Gasteiger partial charge in [0.25, 0.3) is 5.91 Å². The van der Waals surface area contributed by atoms with Gasteiger partial charge in [-0.05, 0) is 31.0 Å². The number of thioether (sulfide) groups is 1. The molecule has 0 atom stereocenters. The predicted molar refractivity (Wildman–Crippen MR) is 133 cm³/mol. The van der Waals surface area contributed by atoms with E-state index in [0.717, 1.165) is 28.6 Å². The van der Waals surface area contributed by atoms with Gasteiger partial charge in [0.15, 0.2) is 0 Å². The predicted octanol–water partition coefficient (Wildman–Crippen LogP) is 4.62. The van der Waals surface area contributed by atoms with E-state index in [9.17, 15) is 9.59 Å². The van der Waals surface area contributed by atoms with Gasteiger partial charge in [-0.25, -0.2) is 0 Å². The zero-order valence-corrected chi connectivity index (χ0v) is 19.8. The van der Waals surface area contributed by atoms with Crippen molar-refractivity contribution in [2.45, 2.75) is 49.6 Å². The maximum Gasteiger partial charge on any atom is 0.255 e. The van der Waals surface area contributed by atoms with E-state index in [0.29, 0.717) is 36.2 Å². The Morgan fingerprint density at radius 2 is 1.82 bits per heavy atom. The van der Waals surface area contributed by atoms with Gasteiger partial charge in [0.1, 0.15) is 5.75 Å². The summed E-state index contributed by atoms with van der Waals surface area (Å²) in [7, 11) is 1.56. The minimum absolute atomic E-state index is 0.104. The number of para-hydroxylation sites is 2. The van der Waals surface area contributed by atoms with Crippen LogP contribution in [0.25, 0.3) is 10.9 Å². The van der Waals surface area contributed by atoms with E-state index in [1.165, 1.54) is 19.3 Å². The zero-order chi connectivity index (χ0) is 23.0. The number of carbonyl (C=O) groups is 2. The van der Waals surface area contributed by atoms with Crippen molar-refractivity contribution in [3.8, 4) is 5.75 Å². The SMILES string of the molecule is COc1ccccc1C(=O)NCCn1cc(SCC(=O)NC2CCCCC2)c2ccccc21. The molecule has 1 saturated carbocycles. The van der Waals surface area contributed by atoms with Crippen molar-refractivity contribution in [1.82, 2.24) is 15.2 Å².